The Balaban J connectivity index is 1.83. The summed E-state index contributed by atoms with van der Waals surface area (Å²) in [5.41, 5.74) is 2.63. The second-order valence-electron chi connectivity index (χ2n) is 5.18. The van der Waals surface area contributed by atoms with E-state index in [1.165, 1.54) is 21.9 Å². The molecule has 2 aromatic rings. The number of nitrogens with one attached hydrogen (secondary N) is 2. The van der Waals surface area contributed by atoms with Crippen LogP contribution in [-0.2, 0) is 6.54 Å². The second-order valence-corrected chi connectivity index (χ2v) is 5.18. The molecule has 0 saturated heterocycles. The maximum absolute atomic E-state index is 4.42. The largest absolute Gasteiger partial charge is 0.352 e. The van der Waals surface area contributed by atoms with Crippen molar-refractivity contribution in [1.29, 1.82) is 0 Å². The molecule has 0 amide bonds. The topological polar surface area (TPSA) is 36.4 Å². The molecule has 3 heteroatoms. The van der Waals surface area contributed by atoms with Gasteiger partial charge in [0.25, 0.3) is 0 Å². The minimum Gasteiger partial charge on any atom is -0.352 e. The molecule has 1 aliphatic rings. The van der Waals surface area contributed by atoms with Gasteiger partial charge in [0.15, 0.2) is 5.96 Å². The Hall–Kier alpha value is -2.03. The fraction of sp³-hybridized carbons (Fsp3) is 0.312. The van der Waals surface area contributed by atoms with Crippen LogP contribution in [0, 0.1) is 6.92 Å². The van der Waals surface area contributed by atoms with Crippen molar-refractivity contribution in [1.82, 2.24) is 10.6 Å². The molecule has 3 rings (SSSR count). The van der Waals surface area contributed by atoms with Crippen LogP contribution < -0.4 is 10.6 Å². The quantitative estimate of drug-likeness (QED) is 0.863. The summed E-state index contributed by atoms with van der Waals surface area (Å²) < 4.78 is 0. The summed E-state index contributed by atoms with van der Waals surface area (Å²) in [6.45, 7) is 5.96. The number of hydrogen-bond acceptors (Lipinski definition) is 3. The van der Waals surface area contributed by atoms with Gasteiger partial charge < -0.3 is 10.6 Å². The van der Waals surface area contributed by atoms with Crippen LogP contribution in [0.15, 0.2) is 41.4 Å². The van der Waals surface area contributed by atoms with E-state index in [1.807, 2.05) is 0 Å². The molecule has 0 radical (unpaired) electrons. The molecule has 19 heavy (non-hydrogen) atoms. The van der Waals surface area contributed by atoms with Crippen molar-refractivity contribution in [3.8, 4) is 0 Å². The van der Waals surface area contributed by atoms with Crippen molar-refractivity contribution in [3.63, 3.8) is 0 Å². The maximum Gasteiger partial charge on any atom is 0.191 e. The van der Waals surface area contributed by atoms with Gasteiger partial charge in [0.1, 0.15) is 0 Å². The monoisotopic (exact) mass is 253 g/mol. The SMILES string of the molecule is Cc1ccc(CNC2=NCC(C)N2)c2ccccc12. The smallest absolute Gasteiger partial charge is 0.191 e. The first-order chi connectivity index (χ1) is 9.24. The average molecular weight is 253 g/mol. The molecule has 0 bridgehead atoms. The molecule has 2 N–H and O–H groups in total. The van der Waals surface area contributed by atoms with Crippen molar-refractivity contribution < 1.29 is 0 Å². The molecule has 0 fully saturated rings. The highest BCUT2D eigenvalue weighted by molar-refractivity contribution is 5.89. The number of nitrogens with zero attached hydrogens (tertiary/aromatic N) is 1. The van der Waals surface area contributed by atoms with Crippen LogP contribution in [0.5, 0.6) is 0 Å². The lowest BCUT2D eigenvalue weighted by atomic mass is 10.0. The standard InChI is InChI=1S/C16H19N3/c1-11-7-8-13(15-6-4-3-5-14(11)15)10-18-16-17-9-12(2)19-16/h3-8,12H,9-10H2,1-2H3,(H2,17,18,19). The van der Waals surface area contributed by atoms with Gasteiger partial charge >= 0.3 is 0 Å². The zero-order valence-corrected chi connectivity index (χ0v) is 11.4. The third-order valence-electron chi connectivity index (χ3n) is 3.59. The van der Waals surface area contributed by atoms with E-state index in [0.29, 0.717) is 6.04 Å². The number of rotatable bonds is 2. The first-order valence-electron chi connectivity index (χ1n) is 6.76. The Bertz CT molecular complexity index is 631. The first kappa shape index (κ1) is 12.0. The van der Waals surface area contributed by atoms with E-state index in [4.69, 9.17) is 0 Å². The third kappa shape index (κ3) is 2.41. The van der Waals surface area contributed by atoms with Crippen molar-refractivity contribution >= 4 is 16.7 Å². The minimum atomic E-state index is 0.442. The van der Waals surface area contributed by atoms with E-state index in [0.717, 1.165) is 19.0 Å². The van der Waals surface area contributed by atoms with Gasteiger partial charge in [0.05, 0.1) is 6.54 Å². The van der Waals surface area contributed by atoms with Crippen LogP contribution in [-0.4, -0.2) is 18.5 Å². The molecule has 2 aromatic carbocycles. The second kappa shape index (κ2) is 4.92. The van der Waals surface area contributed by atoms with E-state index in [9.17, 15) is 0 Å². The summed E-state index contributed by atoms with van der Waals surface area (Å²) in [4.78, 5) is 4.42. The molecular formula is C16H19N3. The number of aryl methyl sites for hydroxylation is 1. The summed E-state index contributed by atoms with van der Waals surface area (Å²) in [5, 5.41) is 9.35. The summed E-state index contributed by atoms with van der Waals surface area (Å²) in [7, 11) is 0. The number of hydrogen-bond donors (Lipinski definition) is 2. The molecule has 1 unspecified atom stereocenters. The van der Waals surface area contributed by atoms with E-state index in [2.05, 4.69) is 65.9 Å². The van der Waals surface area contributed by atoms with Crippen molar-refractivity contribution in [3.05, 3.63) is 47.5 Å². The van der Waals surface area contributed by atoms with Crippen molar-refractivity contribution in [2.24, 2.45) is 4.99 Å². The predicted molar refractivity (Wildman–Crippen MR) is 80.4 cm³/mol. The fourth-order valence-corrected chi connectivity index (χ4v) is 2.51. The van der Waals surface area contributed by atoms with E-state index >= 15 is 0 Å². The lowest BCUT2D eigenvalue weighted by molar-refractivity contribution is 0.713. The van der Waals surface area contributed by atoms with Crippen LogP contribution in [0.1, 0.15) is 18.1 Å². The summed E-state index contributed by atoms with van der Waals surface area (Å²) in [6.07, 6.45) is 0. The van der Waals surface area contributed by atoms with Crippen LogP contribution >= 0.6 is 0 Å². The highest BCUT2D eigenvalue weighted by atomic mass is 15.2. The Morgan fingerprint density at radius 1 is 1.21 bits per heavy atom. The minimum absolute atomic E-state index is 0.442. The molecule has 98 valence electrons. The fourth-order valence-electron chi connectivity index (χ4n) is 2.51. The molecule has 0 aromatic heterocycles. The van der Waals surface area contributed by atoms with Gasteiger partial charge in [-0.25, -0.2) is 0 Å². The molecule has 0 saturated carbocycles. The van der Waals surface area contributed by atoms with Gasteiger partial charge in [-0.3, -0.25) is 4.99 Å². The third-order valence-corrected chi connectivity index (χ3v) is 3.59. The average Bonchev–Trinajstić information content (AvgIpc) is 2.84. The molecule has 1 aliphatic heterocycles. The summed E-state index contributed by atoms with van der Waals surface area (Å²) >= 11 is 0. The van der Waals surface area contributed by atoms with E-state index in [1.54, 1.807) is 0 Å². The Morgan fingerprint density at radius 2 is 2.00 bits per heavy atom. The molecule has 1 heterocycles. The van der Waals surface area contributed by atoms with Crippen LogP contribution in [0.25, 0.3) is 10.8 Å². The van der Waals surface area contributed by atoms with Crippen molar-refractivity contribution in [2.45, 2.75) is 26.4 Å². The van der Waals surface area contributed by atoms with Gasteiger partial charge in [-0.05, 0) is 35.7 Å². The van der Waals surface area contributed by atoms with Gasteiger partial charge in [-0.1, -0.05) is 36.4 Å². The Kier molecular flexibility index (Phi) is 3.11. The number of guanidine groups is 1. The maximum atomic E-state index is 4.42. The molecule has 0 aliphatic carbocycles. The number of aliphatic imine (C=N–C) groups is 1. The van der Waals surface area contributed by atoms with Gasteiger partial charge in [-0.15, -0.1) is 0 Å². The number of benzene rings is 2. The van der Waals surface area contributed by atoms with E-state index < -0.39 is 0 Å². The molecular weight excluding hydrogens is 234 g/mol. The first-order valence-corrected chi connectivity index (χ1v) is 6.76. The van der Waals surface area contributed by atoms with Crippen molar-refractivity contribution in [2.75, 3.05) is 6.54 Å². The summed E-state index contributed by atoms with van der Waals surface area (Å²) in [5.74, 6) is 0.914. The Morgan fingerprint density at radius 3 is 2.74 bits per heavy atom. The van der Waals surface area contributed by atoms with Gasteiger partial charge in [0.2, 0.25) is 0 Å². The molecule has 0 spiro atoms. The summed E-state index contributed by atoms with van der Waals surface area (Å²) in [6, 6.07) is 13.4. The zero-order chi connectivity index (χ0) is 13.2. The Labute approximate surface area is 113 Å². The molecule has 1 atom stereocenters. The zero-order valence-electron chi connectivity index (χ0n) is 11.4. The predicted octanol–water partition coefficient (Wildman–Crippen LogP) is 2.59. The van der Waals surface area contributed by atoms with Gasteiger partial charge in [-0.2, -0.15) is 0 Å². The van der Waals surface area contributed by atoms with Crippen LogP contribution in [0.4, 0.5) is 0 Å². The normalized spacial score (nSPS) is 18.2. The van der Waals surface area contributed by atoms with E-state index in [-0.39, 0.29) is 0 Å². The lowest BCUT2D eigenvalue weighted by Crippen LogP contribution is -2.37. The highest BCUT2D eigenvalue weighted by Crippen LogP contribution is 2.22. The van der Waals surface area contributed by atoms with Crippen LogP contribution in [0.3, 0.4) is 0 Å². The number of fused-ring (bicyclic) bond motifs is 1. The van der Waals surface area contributed by atoms with Gasteiger partial charge in [0, 0.05) is 12.6 Å². The molecule has 3 nitrogen and oxygen atoms in total. The highest BCUT2D eigenvalue weighted by Gasteiger charge is 2.12. The lowest BCUT2D eigenvalue weighted by Gasteiger charge is -2.12. The van der Waals surface area contributed by atoms with Crippen LogP contribution in [0.2, 0.25) is 0 Å².